The molecule has 9 aromatic carbocycles. The van der Waals surface area contributed by atoms with E-state index in [1.807, 2.05) is 12.1 Å². The van der Waals surface area contributed by atoms with Gasteiger partial charge in [-0.3, -0.25) is 0 Å². The third kappa shape index (κ3) is 5.92. The van der Waals surface area contributed by atoms with Gasteiger partial charge in [-0.2, -0.15) is 0 Å². The number of rotatable bonds is 6. The molecule has 10 aromatic rings. The van der Waals surface area contributed by atoms with Crippen LogP contribution in [0.25, 0.3) is 78.7 Å². The summed E-state index contributed by atoms with van der Waals surface area (Å²) in [6.07, 6.45) is 0. The van der Waals surface area contributed by atoms with Crippen LogP contribution < -0.4 is 0 Å². The van der Waals surface area contributed by atoms with Crippen molar-refractivity contribution in [2.24, 2.45) is 0 Å². The van der Waals surface area contributed by atoms with Crippen molar-refractivity contribution in [3.8, 4) is 78.7 Å². The van der Waals surface area contributed by atoms with E-state index in [2.05, 4.69) is 226 Å². The smallest absolute Gasteiger partial charge is 0.164 e. The molecule has 0 unspecified atom stereocenters. The molecule has 1 aromatic heterocycles. The van der Waals surface area contributed by atoms with E-state index in [0.717, 1.165) is 50.1 Å². The van der Waals surface area contributed by atoms with Crippen LogP contribution >= 0.6 is 0 Å². The molecule has 2 aliphatic rings. The summed E-state index contributed by atoms with van der Waals surface area (Å²) in [4.78, 5) is 15.7. The predicted molar refractivity (Wildman–Crippen MR) is 262 cm³/mol. The zero-order valence-electron chi connectivity index (χ0n) is 35.7. The Balaban J connectivity index is 1.02. The first-order valence-electron chi connectivity index (χ1n) is 22.1. The number of fused-ring (bicyclic) bond motifs is 9. The highest BCUT2D eigenvalue weighted by Crippen LogP contribution is 2.62. The average Bonchev–Trinajstić information content (AvgIpc) is 3.66. The summed E-state index contributed by atoms with van der Waals surface area (Å²) in [7, 11) is 0. The molecule has 302 valence electrons. The summed E-state index contributed by atoms with van der Waals surface area (Å²) in [5, 5.41) is 0. The van der Waals surface area contributed by atoms with Gasteiger partial charge in [0.1, 0.15) is 0 Å². The van der Waals surface area contributed by atoms with Gasteiger partial charge in [-0.15, -0.1) is 0 Å². The van der Waals surface area contributed by atoms with Crippen molar-refractivity contribution in [1.29, 1.82) is 0 Å². The molecule has 0 saturated carbocycles. The zero-order valence-corrected chi connectivity index (χ0v) is 35.7. The first-order chi connectivity index (χ1) is 31.5. The predicted octanol–water partition coefficient (Wildman–Crippen LogP) is 14.9. The molecule has 0 aliphatic heterocycles. The van der Waals surface area contributed by atoms with Gasteiger partial charge in [0, 0.05) is 22.1 Å². The van der Waals surface area contributed by atoms with E-state index < -0.39 is 5.41 Å². The van der Waals surface area contributed by atoms with Gasteiger partial charge in [0.25, 0.3) is 0 Å². The van der Waals surface area contributed by atoms with Gasteiger partial charge >= 0.3 is 0 Å². The highest BCUT2D eigenvalue weighted by molar-refractivity contribution is 5.90. The van der Waals surface area contributed by atoms with Crippen LogP contribution in [0.15, 0.2) is 224 Å². The first-order valence-corrected chi connectivity index (χ1v) is 22.1. The van der Waals surface area contributed by atoms with Crippen molar-refractivity contribution in [2.45, 2.75) is 24.7 Å². The van der Waals surface area contributed by atoms with Crippen molar-refractivity contribution in [1.82, 2.24) is 15.0 Å². The standard InChI is InChI=1S/C61H43N3/c1-60(2)52-30-11-13-32-54(52)61(55-33-14-12-31-53(55)60)51-29-10-9-28-49(51)50-35-34-45(39-56(50)61)44-24-17-27-48(38-44)59-63-57(46-25-15-22-42(36-46)40-18-5-3-6-19-40)62-58(64-59)47-26-16-23-43(37-47)41-20-7-4-8-21-41/h3-39H,1-2H3. The van der Waals surface area contributed by atoms with Crippen LogP contribution in [0.1, 0.15) is 47.2 Å². The number of nitrogens with zero attached hydrogens (tertiary/aromatic N) is 3. The van der Waals surface area contributed by atoms with Gasteiger partial charge in [-0.1, -0.05) is 214 Å². The number of aromatic nitrogens is 3. The van der Waals surface area contributed by atoms with Gasteiger partial charge in [0.2, 0.25) is 0 Å². The number of benzene rings is 9. The molecule has 0 saturated heterocycles. The molecule has 1 spiro atoms. The van der Waals surface area contributed by atoms with Crippen LogP contribution in [0.2, 0.25) is 0 Å². The lowest BCUT2D eigenvalue weighted by Crippen LogP contribution is -2.40. The molecule has 0 fully saturated rings. The van der Waals surface area contributed by atoms with Crippen molar-refractivity contribution in [3.05, 3.63) is 258 Å². The van der Waals surface area contributed by atoms with Gasteiger partial charge in [0.15, 0.2) is 17.5 Å². The lowest BCUT2D eigenvalue weighted by atomic mass is 9.55. The summed E-state index contributed by atoms with van der Waals surface area (Å²) < 4.78 is 0. The lowest BCUT2D eigenvalue weighted by Gasteiger charge is -2.46. The molecule has 64 heavy (non-hydrogen) atoms. The van der Waals surface area contributed by atoms with Crippen molar-refractivity contribution >= 4 is 0 Å². The second kappa shape index (κ2) is 14.8. The topological polar surface area (TPSA) is 38.7 Å². The molecule has 3 nitrogen and oxygen atoms in total. The van der Waals surface area contributed by atoms with Crippen LogP contribution in [-0.2, 0) is 10.8 Å². The minimum Gasteiger partial charge on any atom is -0.208 e. The largest absolute Gasteiger partial charge is 0.208 e. The highest BCUT2D eigenvalue weighted by atomic mass is 15.0. The van der Waals surface area contributed by atoms with Crippen LogP contribution in [0.5, 0.6) is 0 Å². The summed E-state index contributed by atoms with van der Waals surface area (Å²) in [6, 6.07) is 80.9. The fourth-order valence-electron chi connectivity index (χ4n) is 10.6. The van der Waals surface area contributed by atoms with E-state index in [4.69, 9.17) is 15.0 Å². The van der Waals surface area contributed by atoms with E-state index in [-0.39, 0.29) is 5.41 Å². The fourth-order valence-corrected chi connectivity index (χ4v) is 10.6. The Morgan fingerprint density at radius 1 is 0.250 bits per heavy atom. The van der Waals surface area contributed by atoms with Crippen LogP contribution in [0.3, 0.4) is 0 Å². The van der Waals surface area contributed by atoms with Gasteiger partial charge < -0.3 is 0 Å². The number of hydrogen-bond acceptors (Lipinski definition) is 3. The maximum atomic E-state index is 5.24. The molecule has 0 bridgehead atoms. The monoisotopic (exact) mass is 817 g/mol. The Morgan fingerprint density at radius 2 is 0.594 bits per heavy atom. The van der Waals surface area contributed by atoms with Crippen molar-refractivity contribution in [2.75, 3.05) is 0 Å². The minimum atomic E-state index is -0.469. The van der Waals surface area contributed by atoms with Crippen LogP contribution in [0, 0.1) is 0 Å². The molecule has 1 heterocycles. The highest BCUT2D eigenvalue weighted by Gasteiger charge is 2.53. The molecule has 0 radical (unpaired) electrons. The van der Waals surface area contributed by atoms with Crippen molar-refractivity contribution < 1.29 is 0 Å². The zero-order chi connectivity index (χ0) is 42.8. The SMILES string of the molecule is CC1(C)c2ccccc2C2(c3ccccc3-c3ccc(-c4cccc(-c5nc(-c6cccc(-c7ccccc7)c6)nc(-c6cccc(-c7ccccc7)c6)n5)c4)cc32)c2ccccc21. The Kier molecular flexibility index (Phi) is 8.74. The van der Waals surface area contributed by atoms with E-state index in [1.165, 1.54) is 44.5 Å². The maximum absolute atomic E-state index is 5.24. The van der Waals surface area contributed by atoms with Gasteiger partial charge in [0.05, 0.1) is 5.41 Å². The third-order valence-electron chi connectivity index (χ3n) is 13.6. The fraction of sp³-hybridized carbons (Fsp3) is 0.0656. The van der Waals surface area contributed by atoms with Gasteiger partial charge in [-0.05, 0) is 102 Å². The van der Waals surface area contributed by atoms with E-state index in [1.54, 1.807) is 0 Å². The molecule has 2 aliphatic carbocycles. The van der Waals surface area contributed by atoms with E-state index in [0.29, 0.717) is 17.5 Å². The molecule has 0 N–H and O–H groups in total. The number of hydrogen-bond donors (Lipinski definition) is 0. The molecule has 12 rings (SSSR count). The second-order valence-electron chi connectivity index (χ2n) is 17.6. The normalized spacial score (nSPS) is 13.7. The minimum absolute atomic E-state index is 0.157. The molecule has 3 heteroatoms. The Labute approximate surface area is 374 Å². The Hall–Kier alpha value is -8.01. The quantitative estimate of drug-likeness (QED) is 0.168. The Morgan fingerprint density at radius 3 is 1.08 bits per heavy atom. The maximum Gasteiger partial charge on any atom is 0.164 e. The average molecular weight is 818 g/mol. The van der Waals surface area contributed by atoms with Crippen molar-refractivity contribution in [3.63, 3.8) is 0 Å². The summed E-state index contributed by atoms with van der Waals surface area (Å²) in [6.45, 7) is 4.75. The third-order valence-corrected chi connectivity index (χ3v) is 13.6. The van der Waals surface area contributed by atoms with E-state index >= 15 is 0 Å². The molecule has 0 amide bonds. The van der Waals surface area contributed by atoms with Gasteiger partial charge in [-0.25, -0.2) is 15.0 Å². The summed E-state index contributed by atoms with van der Waals surface area (Å²) in [5.41, 5.74) is 19.6. The summed E-state index contributed by atoms with van der Waals surface area (Å²) in [5.74, 6) is 1.88. The van der Waals surface area contributed by atoms with E-state index in [9.17, 15) is 0 Å². The van der Waals surface area contributed by atoms with Crippen LogP contribution in [-0.4, -0.2) is 15.0 Å². The summed E-state index contributed by atoms with van der Waals surface area (Å²) >= 11 is 0. The lowest BCUT2D eigenvalue weighted by molar-refractivity contribution is 0.563. The Bertz CT molecular complexity index is 3270. The molecular weight excluding hydrogens is 775 g/mol. The molecule has 0 atom stereocenters. The second-order valence-corrected chi connectivity index (χ2v) is 17.6. The first kappa shape index (κ1) is 37.7. The molecular formula is C61H43N3. The van der Waals surface area contributed by atoms with Crippen LogP contribution in [0.4, 0.5) is 0 Å².